The first-order valence-corrected chi connectivity index (χ1v) is 23.4. The molecule has 0 saturated heterocycles. The summed E-state index contributed by atoms with van der Waals surface area (Å²) in [5.74, 6) is -0.297. The zero-order valence-corrected chi connectivity index (χ0v) is 36.6. The largest absolute Gasteiger partial charge is 0.508 e. The highest BCUT2D eigenvalue weighted by Gasteiger charge is 2.18. The lowest BCUT2D eigenvalue weighted by atomic mass is 10.0. The third-order valence-corrected chi connectivity index (χ3v) is 10.6. The van der Waals surface area contributed by atoms with Crippen molar-refractivity contribution < 1.29 is 33.3 Å². The van der Waals surface area contributed by atoms with Gasteiger partial charge in [-0.1, -0.05) is 182 Å². The zero-order chi connectivity index (χ0) is 39.6. The minimum absolute atomic E-state index is 0.0476. The molecule has 0 radical (unpaired) electrons. The van der Waals surface area contributed by atoms with Crippen LogP contribution in [-0.4, -0.2) is 76.0 Å². The van der Waals surface area contributed by atoms with Gasteiger partial charge in [-0.2, -0.15) is 0 Å². The predicted octanol–water partition coefficient (Wildman–Crippen LogP) is 13.4. The van der Waals surface area contributed by atoms with Crippen LogP contribution in [0.1, 0.15) is 221 Å². The molecule has 0 rings (SSSR count). The van der Waals surface area contributed by atoms with Crippen molar-refractivity contribution in [1.82, 2.24) is 4.90 Å². The third-order valence-electron chi connectivity index (χ3n) is 10.6. The summed E-state index contributed by atoms with van der Waals surface area (Å²) in [5, 5.41) is 0. The van der Waals surface area contributed by atoms with Crippen molar-refractivity contribution in [3.05, 3.63) is 0 Å². The lowest BCUT2D eigenvalue weighted by Gasteiger charge is -2.20. The molecule has 0 fully saturated rings. The molecular formula is C46H91NO7. The maximum Gasteiger partial charge on any atom is 0.508 e. The summed E-state index contributed by atoms with van der Waals surface area (Å²) in [6, 6.07) is 0. The maximum absolute atomic E-state index is 12.9. The van der Waals surface area contributed by atoms with Crippen LogP contribution in [0.25, 0.3) is 0 Å². The minimum atomic E-state index is -0.635. The monoisotopic (exact) mass is 770 g/mol. The predicted molar refractivity (Wildman–Crippen MR) is 226 cm³/mol. The number of ether oxygens (including phenoxy) is 5. The van der Waals surface area contributed by atoms with E-state index in [1.165, 1.54) is 135 Å². The first-order chi connectivity index (χ1) is 26.5. The topological polar surface area (TPSA) is 83.5 Å². The van der Waals surface area contributed by atoms with Gasteiger partial charge in [-0.25, -0.2) is 4.79 Å². The van der Waals surface area contributed by atoms with Crippen LogP contribution in [0.5, 0.6) is 0 Å². The number of unbranched alkanes of at least 4 members (excludes halogenated alkanes) is 22. The van der Waals surface area contributed by atoms with E-state index in [0.717, 1.165) is 58.2 Å². The second-order valence-corrected chi connectivity index (χ2v) is 15.6. The Labute approximate surface area is 335 Å². The average molecular weight is 770 g/mol. The molecule has 0 heterocycles. The van der Waals surface area contributed by atoms with Gasteiger partial charge in [-0.3, -0.25) is 4.79 Å². The van der Waals surface area contributed by atoms with Crippen molar-refractivity contribution in [2.45, 2.75) is 227 Å². The van der Waals surface area contributed by atoms with Crippen molar-refractivity contribution in [2.24, 2.45) is 5.92 Å². The Kier molecular flexibility index (Phi) is 41.7. The molecule has 1 unspecified atom stereocenters. The Morgan fingerprint density at radius 1 is 0.444 bits per heavy atom. The van der Waals surface area contributed by atoms with Crippen LogP contribution in [0.15, 0.2) is 0 Å². The quantitative estimate of drug-likeness (QED) is 0.0344. The van der Waals surface area contributed by atoms with Crippen LogP contribution in [0.2, 0.25) is 0 Å². The standard InChI is InChI=1S/C46H91NO7/c1-6-11-14-17-20-21-22-23-24-25-26-27-30-34-43(42-54-46(49)52-40-33-37-47(9-4)10-5)41-53-44(48)35-36-45(50-38-31-28-18-15-12-7-2)51-39-32-29-19-16-13-8-3/h43,45H,6-42H2,1-5H3. The normalized spacial score (nSPS) is 12.1. The fraction of sp³-hybridized carbons (Fsp3) is 0.957. The summed E-state index contributed by atoms with van der Waals surface area (Å²) in [7, 11) is 0. The van der Waals surface area contributed by atoms with Gasteiger partial charge in [0.05, 0.1) is 19.6 Å². The fourth-order valence-corrected chi connectivity index (χ4v) is 6.80. The van der Waals surface area contributed by atoms with Gasteiger partial charge in [0.15, 0.2) is 6.29 Å². The summed E-state index contributed by atoms with van der Waals surface area (Å²) in [4.78, 5) is 27.6. The van der Waals surface area contributed by atoms with Gasteiger partial charge in [0, 0.05) is 32.1 Å². The van der Waals surface area contributed by atoms with Crippen LogP contribution < -0.4 is 0 Å². The maximum atomic E-state index is 12.9. The van der Waals surface area contributed by atoms with Crippen molar-refractivity contribution in [2.75, 3.05) is 52.7 Å². The van der Waals surface area contributed by atoms with Gasteiger partial charge >= 0.3 is 12.1 Å². The highest BCUT2D eigenvalue weighted by atomic mass is 16.7. The van der Waals surface area contributed by atoms with Gasteiger partial charge < -0.3 is 28.6 Å². The summed E-state index contributed by atoms with van der Waals surface area (Å²) in [6.45, 7) is 16.0. The Hall–Kier alpha value is -1.38. The van der Waals surface area contributed by atoms with Crippen molar-refractivity contribution >= 4 is 12.1 Å². The molecule has 0 aromatic rings. The number of esters is 1. The second kappa shape index (κ2) is 42.8. The number of carbonyl (C=O) groups is 2. The smallest absolute Gasteiger partial charge is 0.465 e. The molecule has 8 heteroatoms. The van der Waals surface area contributed by atoms with Crippen LogP contribution in [0, 0.1) is 5.92 Å². The van der Waals surface area contributed by atoms with E-state index in [1.54, 1.807) is 0 Å². The molecule has 0 aliphatic carbocycles. The summed E-state index contributed by atoms with van der Waals surface area (Å²) < 4.78 is 28.9. The van der Waals surface area contributed by atoms with Crippen LogP contribution in [-0.2, 0) is 28.5 Å². The first kappa shape index (κ1) is 52.6. The number of hydrogen-bond donors (Lipinski definition) is 0. The molecule has 322 valence electrons. The van der Waals surface area contributed by atoms with Crippen molar-refractivity contribution in [1.29, 1.82) is 0 Å². The second-order valence-electron chi connectivity index (χ2n) is 15.6. The molecule has 0 aromatic heterocycles. The summed E-state index contributed by atoms with van der Waals surface area (Å²) in [6.07, 6.45) is 32.8. The van der Waals surface area contributed by atoms with E-state index < -0.39 is 6.16 Å². The Bertz CT molecular complexity index is 760. The van der Waals surface area contributed by atoms with E-state index in [1.807, 2.05) is 0 Å². The van der Waals surface area contributed by atoms with E-state index in [-0.39, 0.29) is 37.8 Å². The molecule has 0 bridgehead atoms. The molecule has 0 saturated carbocycles. The van der Waals surface area contributed by atoms with E-state index in [0.29, 0.717) is 26.2 Å². The minimum Gasteiger partial charge on any atom is -0.465 e. The fourth-order valence-electron chi connectivity index (χ4n) is 6.80. The molecule has 0 aromatic carbocycles. The lowest BCUT2D eigenvalue weighted by Crippen LogP contribution is -2.26. The highest BCUT2D eigenvalue weighted by Crippen LogP contribution is 2.17. The van der Waals surface area contributed by atoms with Crippen LogP contribution in [0.4, 0.5) is 4.79 Å². The highest BCUT2D eigenvalue weighted by molar-refractivity contribution is 5.69. The number of nitrogens with zero attached hydrogens (tertiary/aromatic N) is 1. The number of carbonyl (C=O) groups excluding carboxylic acids is 2. The molecule has 0 aliphatic rings. The molecule has 0 spiro atoms. The van der Waals surface area contributed by atoms with Crippen LogP contribution >= 0.6 is 0 Å². The molecule has 0 amide bonds. The molecule has 54 heavy (non-hydrogen) atoms. The molecule has 1 atom stereocenters. The van der Waals surface area contributed by atoms with E-state index in [9.17, 15) is 9.59 Å². The lowest BCUT2D eigenvalue weighted by molar-refractivity contribution is -0.160. The van der Waals surface area contributed by atoms with Gasteiger partial charge in [-0.15, -0.1) is 0 Å². The van der Waals surface area contributed by atoms with E-state index >= 15 is 0 Å². The van der Waals surface area contributed by atoms with Gasteiger partial charge in [-0.05, 0) is 38.8 Å². The third kappa shape index (κ3) is 37.5. The molecule has 8 nitrogen and oxygen atoms in total. The van der Waals surface area contributed by atoms with Gasteiger partial charge in [0.2, 0.25) is 0 Å². The average Bonchev–Trinajstić information content (AvgIpc) is 3.18. The van der Waals surface area contributed by atoms with Crippen LogP contribution in [0.3, 0.4) is 0 Å². The molecule has 0 aliphatic heterocycles. The first-order valence-electron chi connectivity index (χ1n) is 23.4. The Morgan fingerprint density at radius 2 is 0.870 bits per heavy atom. The number of rotatable bonds is 43. The molecule has 0 N–H and O–H groups in total. The van der Waals surface area contributed by atoms with Gasteiger partial charge in [0.25, 0.3) is 0 Å². The zero-order valence-electron chi connectivity index (χ0n) is 36.6. The summed E-state index contributed by atoms with van der Waals surface area (Å²) >= 11 is 0. The van der Waals surface area contributed by atoms with Crippen molar-refractivity contribution in [3.8, 4) is 0 Å². The van der Waals surface area contributed by atoms with E-state index in [4.69, 9.17) is 23.7 Å². The Balaban J connectivity index is 4.75. The van der Waals surface area contributed by atoms with Crippen molar-refractivity contribution in [3.63, 3.8) is 0 Å². The molecular weight excluding hydrogens is 679 g/mol. The number of hydrogen-bond acceptors (Lipinski definition) is 8. The van der Waals surface area contributed by atoms with E-state index in [2.05, 4.69) is 39.5 Å². The Morgan fingerprint density at radius 3 is 1.33 bits per heavy atom. The van der Waals surface area contributed by atoms with Gasteiger partial charge in [0.1, 0.15) is 6.61 Å². The summed E-state index contributed by atoms with van der Waals surface area (Å²) in [5.41, 5.74) is 0. The SMILES string of the molecule is CCCCCCCCCCCCCCCC(COC(=O)CCC(OCCCCCCCC)OCCCCCCCC)COC(=O)OCCCN(CC)CC.